The van der Waals surface area contributed by atoms with E-state index in [9.17, 15) is 4.39 Å². The first kappa shape index (κ1) is 11.9. The van der Waals surface area contributed by atoms with Crippen LogP contribution in [0.1, 0.15) is 34.1 Å². The number of rotatable bonds is 3. The molecule has 14 heavy (non-hydrogen) atoms. The van der Waals surface area contributed by atoms with Gasteiger partial charge >= 0.3 is 0 Å². The Morgan fingerprint density at radius 2 is 2.07 bits per heavy atom. The molecule has 1 heterocycles. The van der Waals surface area contributed by atoms with Crippen LogP contribution < -0.4 is 0 Å². The van der Waals surface area contributed by atoms with E-state index in [-0.39, 0.29) is 5.60 Å². The van der Waals surface area contributed by atoms with Crippen molar-refractivity contribution in [3.63, 3.8) is 0 Å². The molecule has 0 amide bonds. The zero-order chi connectivity index (χ0) is 10.8. The Kier molecular flexibility index (Phi) is 3.53. The van der Waals surface area contributed by atoms with Crippen molar-refractivity contribution in [1.29, 1.82) is 0 Å². The first-order valence-electron chi connectivity index (χ1n) is 5.34. The molecule has 84 valence electrons. The molecule has 2 nitrogen and oxygen atoms in total. The summed E-state index contributed by atoms with van der Waals surface area (Å²) >= 11 is 0. The molecule has 1 aliphatic heterocycles. The number of hydrogen-bond acceptors (Lipinski definition) is 2. The molecule has 1 atom stereocenters. The molecule has 1 saturated heterocycles. The van der Waals surface area contributed by atoms with E-state index < -0.39 is 5.67 Å². The zero-order valence-electron chi connectivity index (χ0n) is 9.77. The predicted molar refractivity (Wildman–Crippen MR) is 56.3 cm³/mol. The Morgan fingerprint density at radius 1 is 1.43 bits per heavy atom. The van der Waals surface area contributed by atoms with Crippen molar-refractivity contribution in [1.82, 2.24) is 4.90 Å². The Labute approximate surface area is 86.4 Å². The van der Waals surface area contributed by atoms with Crippen molar-refractivity contribution >= 4 is 0 Å². The summed E-state index contributed by atoms with van der Waals surface area (Å²) in [5.74, 6) is 0. The molecule has 0 bridgehead atoms. The molecule has 0 aromatic rings. The SMILES string of the molecule is CC1(F)CCN(CCOC(C)(C)C)C1. The lowest BCUT2D eigenvalue weighted by atomic mass is 10.1. The van der Waals surface area contributed by atoms with E-state index in [1.165, 1.54) is 0 Å². The maximum atomic E-state index is 13.4. The van der Waals surface area contributed by atoms with Gasteiger partial charge in [-0.2, -0.15) is 0 Å². The second kappa shape index (κ2) is 4.15. The quantitative estimate of drug-likeness (QED) is 0.697. The first-order valence-corrected chi connectivity index (χ1v) is 5.34. The molecule has 1 aliphatic rings. The van der Waals surface area contributed by atoms with Crippen LogP contribution in [0.2, 0.25) is 0 Å². The maximum Gasteiger partial charge on any atom is 0.122 e. The average Bonchev–Trinajstić information content (AvgIpc) is 2.27. The third kappa shape index (κ3) is 4.38. The highest BCUT2D eigenvalue weighted by Gasteiger charge is 2.33. The lowest BCUT2D eigenvalue weighted by molar-refractivity contribution is -0.0120. The lowest BCUT2D eigenvalue weighted by Crippen LogP contribution is -2.31. The van der Waals surface area contributed by atoms with Crippen LogP contribution in [-0.2, 0) is 4.74 Å². The Bertz CT molecular complexity index is 186. The second-order valence-electron chi connectivity index (χ2n) is 5.40. The summed E-state index contributed by atoms with van der Waals surface area (Å²) in [6.45, 7) is 10.7. The lowest BCUT2D eigenvalue weighted by Gasteiger charge is -2.22. The third-order valence-corrected chi connectivity index (χ3v) is 2.45. The molecule has 1 rings (SSSR count). The van der Waals surface area contributed by atoms with Crippen LogP contribution in [0.5, 0.6) is 0 Å². The highest BCUT2D eigenvalue weighted by Crippen LogP contribution is 2.24. The standard InChI is InChI=1S/C11H22FNO/c1-10(2,3)14-8-7-13-6-5-11(4,12)9-13/h5-9H2,1-4H3. The van der Waals surface area contributed by atoms with E-state index in [0.29, 0.717) is 19.6 Å². The van der Waals surface area contributed by atoms with E-state index in [1.54, 1.807) is 6.92 Å². The minimum atomic E-state index is -0.984. The smallest absolute Gasteiger partial charge is 0.122 e. The highest BCUT2D eigenvalue weighted by atomic mass is 19.1. The fraction of sp³-hybridized carbons (Fsp3) is 1.00. The third-order valence-electron chi connectivity index (χ3n) is 2.45. The summed E-state index contributed by atoms with van der Waals surface area (Å²) < 4.78 is 19.0. The summed E-state index contributed by atoms with van der Waals surface area (Å²) in [7, 11) is 0. The van der Waals surface area contributed by atoms with Crippen LogP contribution in [-0.4, -0.2) is 42.4 Å². The van der Waals surface area contributed by atoms with Crippen molar-refractivity contribution in [3.05, 3.63) is 0 Å². The van der Waals surface area contributed by atoms with Crippen molar-refractivity contribution in [2.75, 3.05) is 26.2 Å². The molecular weight excluding hydrogens is 181 g/mol. The number of nitrogens with zero attached hydrogens (tertiary/aromatic N) is 1. The largest absolute Gasteiger partial charge is 0.375 e. The first-order chi connectivity index (χ1) is 6.29. The Morgan fingerprint density at radius 3 is 2.50 bits per heavy atom. The van der Waals surface area contributed by atoms with Crippen molar-refractivity contribution < 1.29 is 9.13 Å². The molecule has 3 heteroatoms. The summed E-state index contributed by atoms with van der Waals surface area (Å²) in [6.07, 6.45) is 0.655. The fourth-order valence-corrected chi connectivity index (χ4v) is 1.69. The van der Waals surface area contributed by atoms with Gasteiger partial charge in [0.25, 0.3) is 0 Å². The van der Waals surface area contributed by atoms with Gasteiger partial charge in [0.15, 0.2) is 0 Å². The van der Waals surface area contributed by atoms with E-state index in [4.69, 9.17) is 4.74 Å². The van der Waals surface area contributed by atoms with E-state index in [2.05, 4.69) is 4.90 Å². The summed E-state index contributed by atoms with van der Waals surface area (Å²) in [4.78, 5) is 2.13. The minimum absolute atomic E-state index is 0.0846. The number of alkyl halides is 1. The van der Waals surface area contributed by atoms with Crippen LogP contribution in [0, 0.1) is 0 Å². The van der Waals surface area contributed by atoms with E-state index in [1.807, 2.05) is 20.8 Å². The molecule has 1 unspecified atom stereocenters. The van der Waals surface area contributed by atoms with Gasteiger partial charge in [0.2, 0.25) is 0 Å². The summed E-state index contributed by atoms with van der Waals surface area (Å²) in [5, 5.41) is 0. The van der Waals surface area contributed by atoms with Crippen LogP contribution in [0.4, 0.5) is 4.39 Å². The van der Waals surface area contributed by atoms with Crippen LogP contribution >= 0.6 is 0 Å². The van der Waals surface area contributed by atoms with Crippen molar-refractivity contribution in [2.45, 2.75) is 45.4 Å². The van der Waals surface area contributed by atoms with Crippen LogP contribution in [0.3, 0.4) is 0 Å². The molecule has 0 saturated carbocycles. The highest BCUT2D eigenvalue weighted by molar-refractivity contribution is 4.86. The molecule has 0 aromatic carbocycles. The summed E-state index contributed by atoms with van der Waals surface area (Å²) in [5.41, 5.74) is -1.07. The van der Waals surface area contributed by atoms with Gasteiger partial charge in [-0.05, 0) is 34.1 Å². The predicted octanol–water partition coefficient (Wildman–Crippen LogP) is 2.24. The average molecular weight is 203 g/mol. The van der Waals surface area contributed by atoms with E-state index >= 15 is 0 Å². The number of hydrogen-bond donors (Lipinski definition) is 0. The Hall–Kier alpha value is -0.150. The molecule has 0 aliphatic carbocycles. The van der Waals surface area contributed by atoms with Crippen molar-refractivity contribution in [3.8, 4) is 0 Å². The van der Waals surface area contributed by atoms with Gasteiger partial charge in [-0.1, -0.05) is 0 Å². The fourth-order valence-electron chi connectivity index (χ4n) is 1.69. The van der Waals surface area contributed by atoms with Gasteiger partial charge in [-0.3, -0.25) is 4.90 Å². The van der Waals surface area contributed by atoms with Gasteiger partial charge in [0.1, 0.15) is 5.67 Å². The molecule has 0 spiro atoms. The minimum Gasteiger partial charge on any atom is -0.375 e. The van der Waals surface area contributed by atoms with Gasteiger partial charge in [-0.25, -0.2) is 4.39 Å². The topological polar surface area (TPSA) is 12.5 Å². The van der Waals surface area contributed by atoms with Crippen molar-refractivity contribution in [2.24, 2.45) is 0 Å². The molecule has 0 N–H and O–H groups in total. The van der Waals surface area contributed by atoms with Gasteiger partial charge in [0, 0.05) is 19.6 Å². The van der Waals surface area contributed by atoms with E-state index in [0.717, 1.165) is 13.1 Å². The summed E-state index contributed by atoms with van der Waals surface area (Å²) in [6, 6.07) is 0. The van der Waals surface area contributed by atoms with Gasteiger partial charge in [-0.15, -0.1) is 0 Å². The molecule has 0 radical (unpaired) electrons. The number of halogens is 1. The normalized spacial score (nSPS) is 29.8. The maximum absolute atomic E-state index is 13.4. The molecular formula is C11H22FNO. The molecule has 1 fully saturated rings. The van der Waals surface area contributed by atoms with Gasteiger partial charge in [0.05, 0.1) is 12.2 Å². The van der Waals surface area contributed by atoms with Gasteiger partial charge < -0.3 is 4.74 Å². The number of ether oxygens (including phenoxy) is 1. The van der Waals surface area contributed by atoms with Crippen LogP contribution in [0.25, 0.3) is 0 Å². The monoisotopic (exact) mass is 203 g/mol. The second-order valence-corrected chi connectivity index (χ2v) is 5.40. The zero-order valence-corrected chi connectivity index (χ0v) is 9.77. The molecule has 0 aromatic heterocycles. The Balaban J connectivity index is 2.15. The number of likely N-dealkylation sites (tertiary alicyclic amines) is 1. The van der Waals surface area contributed by atoms with Crippen LogP contribution in [0.15, 0.2) is 0 Å².